The molecule has 1 aliphatic carbocycles. The van der Waals surface area contributed by atoms with E-state index in [0.29, 0.717) is 42.0 Å². The monoisotopic (exact) mass is 536 g/mol. The molecule has 3 fully saturated rings. The standard InChI is InChI=1S/C13H15NO4.C10H10BrNO4/c15-13(16)9-5-11(8-1-2-8)12(14-6-9)18-10-3-4-17-7-10;11-8-3-6(10(13)14)4-12-9(8)16-7-1-2-15-5-7/h5-6,8,10H,1-4,7H2,(H,15,16);3-4,7H,1-2,5H2,(H,13,14). The first-order valence-electron chi connectivity index (χ1n) is 11.0. The van der Waals surface area contributed by atoms with Gasteiger partial charge in [-0.05, 0) is 46.8 Å². The molecular weight excluding hydrogens is 512 g/mol. The molecule has 2 saturated heterocycles. The van der Waals surface area contributed by atoms with Crippen molar-refractivity contribution in [1.82, 2.24) is 9.97 Å². The van der Waals surface area contributed by atoms with E-state index in [4.69, 9.17) is 29.2 Å². The second-order valence-corrected chi connectivity index (χ2v) is 9.08. The summed E-state index contributed by atoms with van der Waals surface area (Å²) < 4.78 is 22.3. The van der Waals surface area contributed by atoms with Gasteiger partial charge in [0.05, 0.1) is 42.0 Å². The van der Waals surface area contributed by atoms with Crippen molar-refractivity contribution in [2.24, 2.45) is 0 Å². The fourth-order valence-corrected chi connectivity index (χ4v) is 3.97. The average molecular weight is 537 g/mol. The highest BCUT2D eigenvalue weighted by Crippen LogP contribution is 2.44. The van der Waals surface area contributed by atoms with Crippen molar-refractivity contribution < 1.29 is 38.7 Å². The van der Waals surface area contributed by atoms with E-state index in [0.717, 1.165) is 37.9 Å². The van der Waals surface area contributed by atoms with Crippen molar-refractivity contribution in [3.63, 3.8) is 0 Å². The number of halogens is 1. The van der Waals surface area contributed by atoms with Gasteiger partial charge in [-0.1, -0.05) is 0 Å². The van der Waals surface area contributed by atoms with Crippen molar-refractivity contribution in [2.75, 3.05) is 26.4 Å². The summed E-state index contributed by atoms with van der Waals surface area (Å²) in [5, 5.41) is 17.7. The second kappa shape index (κ2) is 11.1. The van der Waals surface area contributed by atoms with Crippen LogP contribution in [-0.4, -0.2) is 70.8 Å². The maximum absolute atomic E-state index is 11.0. The van der Waals surface area contributed by atoms with E-state index in [9.17, 15) is 9.59 Å². The summed E-state index contributed by atoms with van der Waals surface area (Å²) >= 11 is 3.23. The summed E-state index contributed by atoms with van der Waals surface area (Å²) in [6, 6.07) is 3.17. The third-order valence-electron chi connectivity index (χ3n) is 5.53. The number of hydrogen-bond acceptors (Lipinski definition) is 8. The minimum atomic E-state index is -1.01. The van der Waals surface area contributed by atoms with Crippen molar-refractivity contribution in [3.8, 4) is 11.8 Å². The Morgan fingerprint density at radius 1 is 0.853 bits per heavy atom. The lowest BCUT2D eigenvalue weighted by atomic mass is 10.1. The van der Waals surface area contributed by atoms with Crippen LogP contribution in [-0.2, 0) is 9.47 Å². The summed E-state index contributed by atoms with van der Waals surface area (Å²) in [5.41, 5.74) is 1.29. The molecular formula is C23H25BrN2O8. The molecule has 182 valence electrons. The van der Waals surface area contributed by atoms with Crippen LogP contribution in [0.5, 0.6) is 11.8 Å². The Morgan fingerprint density at radius 3 is 1.85 bits per heavy atom. The fourth-order valence-electron chi connectivity index (χ4n) is 3.53. The molecule has 2 N–H and O–H groups in total. The maximum Gasteiger partial charge on any atom is 0.337 e. The van der Waals surface area contributed by atoms with Crippen LogP contribution in [0.1, 0.15) is 57.9 Å². The van der Waals surface area contributed by atoms with Crippen LogP contribution in [0.15, 0.2) is 29.0 Å². The number of pyridine rings is 2. The average Bonchev–Trinajstić information content (AvgIpc) is 3.28. The van der Waals surface area contributed by atoms with Crippen LogP contribution in [0.2, 0.25) is 0 Å². The molecule has 2 aliphatic heterocycles. The van der Waals surface area contributed by atoms with Crippen LogP contribution in [0.4, 0.5) is 0 Å². The van der Waals surface area contributed by atoms with Gasteiger partial charge < -0.3 is 29.2 Å². The number of aromatic carboxylic acids is 2. The first-order valence-corrected chi connectivity index (χ1v) is 11.8. The molecule has 0 bridgehead atoms. The number of hydrogen-bond donors (Lipinski definition) is 2. The Kier molecular flexibility index (Phi) is 7.96. The Morgan fingerprint density at radius 2 is 1.38 bits per heavy atom. The van der Waals surface area contributed by atoms with Crippen molar-refractivity contribution >= 4 is 27.9 Å². The minimum Gasteiger partial charge on any atom is -0.478 e. The number of carboxylic acid groups (broad SMARTS) is 2. The topological polar surface area (TPSA) is 137 Å². The Bertz CT molecular complexity index is 1030. The number of ether oxygens (including phenoxy) is 4. The molecule has 34 heavy (non-hydrogen) atoms. The van der Waals surface area contributed by atoms with Gasteiger partial charge in [-0.3, -0.25) is 0 Å². The van der Waals surface area contributed by atoms with Crippen molar-refractivity contribution in [3.05, 3.63) is 45.7 Å². The molecule has 0 aromatic carbocycles. The largest absolute Gasteiger partial charge is 0.478 e. The number of carbonyl (C=O) groups is 2. The highest BCUT2D eigenvalue weighted by atomic mass is 79.9. The molecule has 2 aromatic heterocycles. The van der Waals surface area contributed by atoms with Gasteiger partial charge in [0.25, 0.3) is 0 Å². The SMILES string of the molecule is O=C(O)c1cnc(OC2CCOC2)c(Br)c1.O=C(O)c1cnc(OC2CCOC2)c(C2CC2)c1. The highest BCUT2D eigenvalue weighted by molar-refractivity contribution is 9.10. The van der Waals surface area contributed by atoms with Gasteiger partial charge in [-0.25, -0.2) is 19.6 Å². The van der Waals surface area contributed by atoms with Crippen molar-refractivity contribution in [1.29, 1.82) is 0 Å². The predicted octanol–water partition coefficient (Wildman–Crippen LogP) is 3.53. The van der Waals surface area contributed by atoms with Gasteiger partial charge in [0, 0.05) is 30.8 Å². The Balaban J connectivity index is 0.000000162. The quantitative estimate of drug-likeness (QED) is 0.540. The minimum absolute atomic E-state index is 0.000483. The first kappa shape index (κ1) is 24.4. The van der Waals surface area contributed by atoms with Gasteiger partial charge in [0.2, 0.25) is 11.8 Å². The van der Waals surface area contributed by atoms with E-state index in [2.05, 4.69) is 25.9 Å². The molecule has 3 aliphatic rings. The number of aromatic nitrogens is 2. The second-order valence-electron chi connectivity index (χ2n) is 8.22. The molecule has 5 rings (SSSR count). The summed E-state index contributed by atoms with van der Waals surface area (Å²) in [6.07, 6.45) is 6.55. The normalized spacial score (nSPS) is 21.4. The molecule has 11 heteroatoms. The van der Waals surface area contributed by atoms with E-state index in [1.165, 1.54) is 18.5 Å². The summed E-state index contributed by atoms with van der Waals surface area (Å²) in [4.78, 5) is 29.8. The molecule has 2 unspecified atom stereocenters. The highest BCUT2D eigenvalue weighted by Gasteiger charge is 2.30. The van der Waals surface area contributed by atoms with Gasteiger partial charge >= 0.3 is 11.9 Å². The molecule has 2 atom stereocenters. The van der Waals surface area contributed by atoms with Crippen LogP contribution in [0.25, 0.3) is 0 Å². The molecule has 4 heterocycles. The zero-order valence-corrected chi connectivity index (χ0v) is 19.9. The van der Waals surface area contributed by atoms with E-state index in [1.54, 1.807) is 6.07 Å². The lowest BCUT2D eigenvalue weighted by molar-refractivity contribution is 0.0685. The zero-order valence-electron chi connectivity index (χ0n) is 18.3. The molecule has 2 aromatic rings. The molecule has 10 nitrogen and oxygen atoms in total. The molecule has 1 saturated carbocycles. The Labute approximate surface area is 204 Å². The van der Waals surface area contributed by atoms with Crippen LogP contribution < -0.4 is 9.47 Å². The number of nitrogens with zero attached hydrogens (tertiary/aromatic N) is 2. The summed E-state index contributed by atoms with van der Waals surface area (Å²) in [7, 11) is 0. The third-order valence-corrected chi connectivity index (χ3v) is 6.10. The maximum atomic E-state index is 11.0. The van der Waals surface area contributed by atoms with Gasteiger partial charge in [0.15, 0.2) is 0 Å². The van der Waals surface area contributed by atoms with Crippen LogP contribution in [0.3, 0.4) is 0 Å². The van der Waals surface area contributed by atoms with Gasteiger partial charge in [-0.15, -0.1) is 0 Å². The Hall–Kier alpha value is -2.76. The van der Waals surface area contributed by atoms with Crippen molar-refractivity contribution in [2.45, 2.75) is 43.8 Å². The number of carboxylic acids is 2. The molecule has 0 spiro atoms. The zero-order chi connectivity index (χ0) is 24.1. The van der Waals surface area contributed by atoms with E-state index >= 15 is 0 Å². The van der Waals surface area contributed by atoms with Gasteiger partial charge in [-0.2, -0.15) is 0 Å². The fraction of sp³-hybridized carbons (Fsp3) is 0.478. The molecule has 0 radical (unpaired) electrons. The molecule has 0 amide bonds. The van der Waals surface area contributed by atoms with E-state index in [1.807, 2.05) is 0 Å². The summed E-state index contributed by atoms with van der Waals surface area (Å²) in [5.74, 6) is -0.559. The number of rotatable bonds is 7. The smallest absolute Gasteiger partial charge is 0.337 e. The van der Waals surface area contributed by atoms with Crippen LogP contribution >= 0.6 is 15.9 Å². The van der Waals surface area contributed by atoms with E-state index < -0.39 is 11.9 Å². The lowest BCUT2D eigenvalue weighted by Crippen LogP contribution is -2.17. The van der Waals surface area contributed by atoms with Crippen LogP contribution in [0, 0.1) is 0 Å². The summed E-state index contributed by atoms with van der Waals surface area (Å²) in [6.45, 7) is 2.55. The lowest BCUT2D eigenvalue weighted by Gasteiger charge is -2.14. The van der Waals surface area contributed by atoms with E-state index in [-0.39, 0.29) is 23.3 Å². The predicted molar refractivity (Wildman–Crippen MR) is 122 cm³/mol. The van der Waals surface area contributed by atoms with Gasteiger partial charge in [0.1, 0.15) is 12.2 Å². The third kappa shape index (κ3) is 6.43. The first-order chi connectivity index (χ1) is 16.4.